The number of carbonyl (C=O) groups excluding carboxylic acids is 2. The second-order valence-corrected chi connectivity index (χ2v) is 5.16. The number of hydrogen-bond donors (Lipinski definition) is 1. The van der Waals surface area contributed by atoms with Crippen LogP contribution >= 0.6 is 0 Å². The Labute approximate surface area is 132 Å². The highest BCUT2D eigenvalue weighted by molar-refractivity contribution is 6.02. The van der Waals surface area contributed by atoms with Gasteiger partial charge in [0, 0.05) is 26.2 Å². The van der Waals surface area contributed by atoms with E-state index in [0.29, 0.717) is 31.9 Å². The normalized spacial score (nSPS) is 14.7. The zero-order valence-corrected chi connectivity index (χ0v) is 12.4. The molecule has 1 saturated heterocycles. The number of benzene rings is 1. The first-order valence-electron chi connectivity index (χ1n) is 7.28. The largest absolute Gasteiger partial charge is 0.459 e. The average molecular weight is 317 g/mol. The minimum Gasteiger partial charge on any atom is -0.459 e. The lowest BCUT2D eigenvalue weighted by Crippen LogP contribution is -2.53. The summed E-state index contributed by atoms with van der Waals surface area (Å²) in [6.45, 7) is 1.82. The molecule has 0 atom stereocenters. The first-order chi connectivity index (χ1) is 11.1. The molecule has 0 saturated carbocycles. The van der Waals surface area contributed by atoms with Crippen LogP contribution in [-0.2, 0) is 0 Å². The van der Waals surface area contributed by atoms with E-state index in [9.17, 15) is 14.0 Å². The third kappa shape index (κ3) is 3.33. The number of anilines is 1. The number of nitrogens with one attached hydrogen (secondary N) is 1. The minimum absolute atomic E-state index is 0.0864. The highest BCUT2D eigenvalue weighted by atomic mass is 19.1. The standard InChI is InChI=1S/C16H16FN3O3/c17-12-4-1-2-5-13(12)19-7-9-20(10-8-19)16(22)18-15(21)14-6-3-11-23-14/h1-6,11H,7-10H2,(H,18,21,22). The molecule has 1 aliphatic heterocycles. The Kier molecular flexibility index (Phi) is 4.27. The van der Waals surface area contributed by atoms with E-state index in [-0.39, 0.29) is 11.6 Å². The number of piperazine rings is 1. The number of rotatable bonds is 2. The van der Waals surface area contributed by atoms with Gasteiger partial charge >= 0.3 is 6.03 Å². The molecule has 3 rings (SSSR count). The molecule has 1 aromatic carbocycles. The fourth-order valence-electron chi connectivity index (χ4n) is 2.50. The van der Waals surface area contributed by atoms with Crippen molar-refractivity contribution >= 4 is 17.6 Å². The number of amides is 3. The van der Waals surface area contributed by atoms with Gasteiger partial charge in [0.1, 0.15) is 5.82 Å². The van der Waals surface area contributed by atoms with E-state index in [1.807, 2.05) is 4.90 Å². The lowest BCUT2D eigenvalue weighted by atomic mass is 10.2. The lowest BCUT2D eigenvalue weighted by molar-refractivity contribution is 0.0923. The van der Waals surface area contributed by atoms with Crippen LogP contribution in [0.25, 0.3) is 0 Å². The summed E-state index contributed by atoms with van der Waals surface area (Å²) in [7, 11) is 0. The Hall–Kier alpha value is -2.83. The summed E-state index contributed by atoms with van der Waals surface area (Å²) in [6.07, 6.45) is 1.37. The summed E-state index contributed by atoms with van der Waals surface area (Å²) < 4.78 is 18.7. The van der Waals surface area contributed by atoms with Gasteiger partial charge in [0.15, 0.2) is 5.76 Å². The van der Waals surface area contributed by atoms with Crippen molar-refractivity contribution in [2.24, 2.45) is 0 Å². The number of furan rings is 1. The van der Waals surface area contributed by atoms with Crippen molar-refractivity contribution in [3.05, 3.63) is 54.2 Å². The van der Waals surface area contributed by atoms with Crippen molar-refractivity contribution in [1.29, 1.82) is 0 Å². The van der Waals surface area contributed by atoms with Crippen molar-refractivity contribution in [3.8, 4) is 0 Å². The van der Waals surface area contributed by atoms with Gasteiger partial charge in [-0.1, -0.05) is 12.1 Å². The maximum absolute atomic E-state index is 13.8. The minimum atomic E-state index is -0.573. The van der Waals surface area contributed by atoms with E-state index < -0.39 is 11.9 Å². The van der Waals surface area contributed by atoms with Gasteiger partial charge in [-0.05, 0) is 24.3 Å². The quantitative estimate of drug-likeness (QED) is 0.921. The summed E-state index contributed by atoms with van der Waals surface area (Å²) in [5, 5.41) is 2.28. The maximum Gasteiger partial charge on any atom is 0.324 e. The molecule has 0 spiro atoms. The summed E-state index contributed by atoms with van der Waals surface area (Å²) in [6, 6.07) is 9.13. The highest BCUT2D eigenvalue weighted by Crippen LogP contribution is 2.20. The number of halogens is 1. The van der Waals surface area contributed by atoms with Gasteiger partial charge in [-0.2, -0.15) is 0 Å². The van der Waals surface area contributed by atoms with Crippen LogP contribution in [-0.4, -0.2) is 43.0 Å². The van der Waals surface area contributed by atoms with Crippen LogP contribution in [0.2, 0.25) is 0 Å². The molecule has 23 heavy (non-hydrogen) atoms. The lowest BCUT2D eigenvalue weighted by Gasteiger charge is -2.35. The SMILES string of the molecule is O=C(NC(=O)N1CCN(c2ccccc2F)CC1)c1ccco1. The summed E-state index contributed by atoms with van der Waals surface area (Å²) in [4.78, 5) is 27.3. The molecule has 2 aromatic rings. The monoisotopic (exact) mass is 317 g/mol. The third-order valence-corrected chi connectivity index (χ3v) is 3.73. The molecule has 1 fully saturated rings. The number of hydrogen-bond acceptors (Lipinski definition) is 4. The van der Waals surface area contributed by atoms with E-state index in [2.05, 4.69) is 5.32 Å². The number of carbonyl (C=O) groups is 2. The Morgan fingerprint density at radius 1 is 1.04 bits per heavy atom. The van der Waals surface area contributed by atoms with Crippen molar-refractivity contribution < 1.29 is 18.4 Å². The van der Waals surface area contributed by atoms with Gasteiger partial charge in [-0.15, -0.1) is 0 Å². The first kappa shape index (κ1) is 15.1. The second kappa shape index (κ2) is 6.51. The maximum atomic E-state index is 13.8. The van der Waals surface area contributed by atoms with Crippen LogP contribution in [0.5, 0.6) is 0 Å². The predicted molar refractivity (Wildman–Crippen MR) is 81.8 cm³/mol. The zero-order valence-electron chi connectivity index (χ0n) is 12.4. The molecule has 120 valence electrons. The van der Waals surface area contributed by atoms with Crippen molar-refractivity contribution in [2.45, 2.75) is 0 Å². The molecular weight excluding hydrogens is 301 g/mol. The molecule has 2 heterocycles. The fraction of sp³-hybridized carbons (Fsp3) is 0.250. The number of imide groups is 1. The molecular formula is C16H16FN3O3. The van der Waals surface area contributed by atoms with Gasteiger partial charge in [0.05, 0.1) is 12.0 Å². The number of nitrogens with zero attached hydrogens (tertiary/aromatic N) is 2. The van der Waals surface area contributed by atoms with Crippen LogP contribution < -0.4 is 10.2 Å². The molecule has 3 amide bonds. The zero-order chi connectivity index (χ0) is 16.2. The van der Waals surface area contributed by atoms with Crippen LogP contribution in [0.3, 0.4) is 0 Å². The number of urea groups is 1. The Morgan fingerprint density at radius 2 is 1.78 bits per heavy atom. The van der Waals surface area contributed by atoms with Gasteiger partial charge < -0.3 is 14.2 Å². The molecule has 7 heteroatoms. The van der Waals surface area contributed by atoms with E-state index >= 15 is 0 Å². The Morgan fingerprint density at radius 3 is 2.43 bits per heavy atom. The van der Waals surface area contributed by atoms with Crippen LogP contribution in [0, 0.1) is 5.82 Å². The predicted octanol–water partition coefficient (Wildman–Crippen LogP) is 2.09. The van der Waals surface area contributed by atoms with Crippen LogP contribution in [0.1, 0.15) is 10.6 Å². The van der Waals surface area contributed by atoms with E-state index in [1.54, 1.807) is 24.3 Å². The molecule has 6 nitrogen and oxygen atoms in total. The molecule has 0 radical (unpaired) electrons. The topological polar surface area (TPSA) is 65.8 Å². The fourth-order valence-corrected chi connectivity index (χ4v) is 2.50. The van der Waals surface area contributed by atoms with Gasteiger partial charge in [-0.25, -0.2) is 9.18 Å². The molecule has 0 bridgehead atoms. The first-order valence-corrected chi connectivity index (χ1v) is 7.28. The molecule has 1 aromatic heterocycles. The summed E-state index contributed by atoms with van der Waals surface area (Å²) in [5.74, 6) is -0.765. The van der Waals surface area contributed by atoms with Crippen molar-refractivity contribution in [1.82, 2.24) is 10.2 Å². The molecule has 1 N–H and O–H groups in total. The molecule has 0 unspecified atom stereocenters. The van der Waals surface area contributed by atoms with Crippen LogP contribution in [0.4, 0.5) is 14.9 Å². The summed E-state index contributed by atoms with van der Waals surface area (Å²) in [5.41, 5.74) is 0.527. The number of para-hydroxylation sites is 1. The third-order valence-electron chi connectivity index (χ3n) is 3.73. The van der Waals surface area contributed by atoms with E-state index in [4.69, 9.17) is 4.42 Å². The van der Waals surface area contributed by atoms with Gasteiger partial charge in [0.2, 0.25) is 0 Å². The highest BCUT2D eigenvalue weighted by Gasteiger charge is 2.24. The van der Waals surface area contributed by atoms with Gasteiger partial charge in [0.25, 0.3) is 5.91 Å². The summed E-state index contributed by atoms with van der Waals surface area (Å²) >= 11 is 0. The molecule has 1 aliphatic rings. The smallest absolute Gasteiger partial charge is 0.324 e. The second-order valence-electron chi connectivity index (χ2n) is 5.16. The van der Waals surface area contributed by atoms with Crippen LogP contribution in [0.15, 0.2) is 47.1 Å². The van der Waals surface area contributed by atoms with E-state index in [1.165, 1.54) is 23.3 Å². The Balaban J connectivity index is 1.55. The Bertz CT molecular complexity index is 694. The van der Waals surface area contributed by atoms with E-state index in [0.717, 1.165) is 0 Å². The van der Waals surface area contributed by atoms with Gasteiger partial charge in [-0.3, -0.25) is 10.1 Å². The van der Waals surface area contributed by atoms with Crippen molar-refractivity contribution in [2.75, 3.05) is 31.1 Å². The van der Waals surface area contributed by atoms with Crippen molar-refractivity contribution in [3.63, 3.8) is 0 Å². The molecule has 0 aliphatic carbocycles. The average Bonchev–Trinajstić information content (AvgIpc) is 3.10.